The second-order valence-electron chi connectivity index (χ2n) is 5.41. The molecule has 0 atom stereocenters. The van der Waals surface area contributed by atoms with Gasteiger partial charge in [0.2, 0.25) is 0 Å². The molecule has 6 heteroatoms. The van der Waals surface area contributed by atoms with Crippen LogP contribution in [0.4, 0.5) is 8.78 Å². The van der Waals surface area contributed by atoms with Gasteiger partial charge in [-0.3, -0.25) is 0 Å². The number of rotatable bonds is 6. The first-order chi connectivity index (χ1) is 9.63. The molecule has 1 heterocycles. The summed E-state index contributed by atoms with van der Waals surface area (Å²) in [5.74, 6) is -1.57. The highest BCUT2D eigenvalue weighted by molar-refractivity contribution is 7.99. The Labute approximate surface area is 136 Å². The lowest BCUT2D eigenvalue weighted by atomic mass is 9.97. The Morgan fingerprint density at radius 1 is 1.24 bits per heavy atom. The van der Waals surface area contributed by atoms with Crippen molar-refractivity contribution in [2.24, 2.45) is 5.92 Å². The maximum absolute atomic E-state index is 12.2. The minimum absolute atomic E-state index is 0. The molecule has 1 aliphatic heterocycles. The van der Waals surface area contributed by atoms with E-state index in [-0.39, 0.29) is 12.4 Å². The van der Waals surface area contributed by atoms with Gasteiger partial charge in [0.25, 0.3) is 5.76 Å². The average molecular weight is 337 g/mol. The molecule has 1 N–H and O–H groups in total. The quantitative estimate of drug-likeness (QED) is 0.794. The van der Waals surface area contributed by atoms with Crippen LogP contribution in [-0.2, 0) is 6.54 Å². The molecule has 2 nitrogen and oxygen atoms in total. The van der Waals surface area contributed by atoms with E-state index >= 15 is 0 Å². The molecule has 0 radical (unpaired) electrons. The fourth-order valence-electron chi connectivity index (χ4n) is 2.66. The first-order valence-corrected chi connectivity index (χ1v) is 7.94. The molecule has 0 unspecified atom stereocenters. The number of nitrogens with zero attached hydrogens (tertiary/aromatic N) is 1. The lowest BCUT2D eigenvalue weighted by Gasteiger charge is -2.27. The largest absolute Gasteiger partial charge is 0.317 e. The van der Waals surface area contributed by atoms with Crippen LogP contribution in [0, 0.1) is 5.92 Å². The van der Waals surface area contributed by atoms with E-state index in [9.17, 15) is 8.78 Å². The highest BCUT2D eigenvalue weighted by atomic mass is 35.5. The summed E-state index contributed by atoms with van der Waals surface area (Å²) in [5, 5.41) is 3.38. The SMILES string of the molecule is CN(Cc1ccc(SC(F)F)cc1)CC1CCNCC1.Cl. The summed E-state index contributed by atoms with van der Waals surface area (Å²) in [6.45, 7) is 4.23. The van der Waals surface area contributed by atoms with Gasteiger partial charge in [0, 0.05) is 18.0 Å². The Morgan fingerprint density at radius 2 is 1.86 bits per heavy atom. The lowest BCUT2D eigenvalue weighted by molar-refractivity contribution is 0.234. The van der Waals surface area contributed by atoms with Gasteiger partial charge in [0.15, 0.2) is 0 Å². The third-order valence-electron chi connectivity index (χ3n) is 3.63. The van der Waals surface area contributed by atoms with Crippen molar-refractivity contribution in [3.05, 3.63) is 29.8 Å². The van der Waals surface area contributed by atoms with Crippen molar-refractivity contribution in [3.63, 3.8) is 0 Å². The standard InChI is InChI=1S/C15H22F2N2S.ClH/c1-19(11-13-6-8-18-9-7-13)10-12-2-4-14(5-3-12)20-15(16)17;/h2-5,13,15,18H,6-11H2,1H3;1H. The summed E-state index contributed by atoms with van der Waals surface area (Å²) in [6, 6.07) is 7.46. The van der Waals surface area contributed by atoms with E-state index in [1.165, 1.54) is 18.4 Å². The van der Waals surface area contributed by atoms with Crippen LogP contribution in [0.1, 0.15) is 18.4 Å². The fourth-order valence-corrected chi connectivity index (χ4v) is 3.16. The van der Waals surface area contributed by atoms with Gasteiger partial charge in [0.05, 0.1) is 0 Å². The van der Waals surface area contributed by atoms with Gasteiger partial charge in [-0.1, -0.05) is 23.9 Å². The Kier molecular flexibility index (Phi) is 8.56. The topological polar surface area (TPSA) is 15.3 Å². The molecular formula is C15H23ClF2N2S. The third kappa shape index (κ3) is 6.96. The molecule has 1 aromatic carbocycles. The molecule has 1 saturated heterocycles. The van der Waals surface area contributed by atoms with Gasteiger partial charge in [-0.25, -0.2) is 0 Å². The first-order valence-electron chi connectivity index (χ1n) is 7.06. The highest BCUT2D eigenvalue weighted by Gasteiger charge is 2.15. The molecule has 1 aromatic rings. The van der Waals surface area contributed by atoms with Crippen LogP contribution in [0.2, 0.25) is 0 Å². The zero-order chi connectivity index (χ0) is 14.4. The summed E-state index contributed by atoms with van der Waals surface area (Å²) >= 11 is 0.601. The number of alkyl halides is 2. The van der Waals surface area contributed by atoms with E-state index in [0.717, 1.165) is 32.1 Å². The maximum atomic E-state index is 12.2. The summed E-state index contributed by atoms with van der Waals surface area (Å²) < 4.78 is 24.5. The van der Waals surface area contributed by atoms with Crippen LogP contribution < -0.4 is 5.32 Å². The molecule has 1 fully saturated rings. The smallest absolute Gasteiger partial charge is 0.288 e. The maximum Gasteiger partial charge on any atom is 0.288 e. The van der Waals surface area contributed by atoms with E-state index in [0.29, 0.717) is 16.7 Å². The fraction of sp³-hybridized carbons (Fsp3) is 0.600. The van der Waals surface area contributed by atoms with Crippen molar-refractivity contribution in [1.82, 2.24) is 10.2 Å². The number of thioether (sulfide) groups is 1. The summed E-state index contributed by atoms with van der Waals surface area (Å²) in [5.41, 5.74) is 1.18. The molecule has 0 amide bonds. The number of hydrogen-bond acceptors (Lipinski definition) is 3. The number of nitrogens with one attached hydrogen (secondary N) is 1. The second kappa shape index (κ2) is 9.62. The van der Waals surface area contributed by atoms with Crippen LogP contribution in [0.5, 0.6) is 0 Å². The zero-order valence-electron chi connectivity index (χ0n) is 12.2. The number of piperidine rings is 1. The van der Waals surface area contributed by atoms with Crippen LogP contribution >= 0.6 is 24.2 Å². The van der Waals surface area contributed by atoms with Crippen LogP contribution in [-0.4, -0.2) is 37.3 Å². The zero-order valence-corrected chi connectivity index (χ0v) is 13.9. The molecular weight excluding hydrogens is 314 g/mol. The molecule has 1 aliphatic rings. The van der Waals surface area contributed by atoms with E-state index in [1.807, 2.05) is 12.1 Å². The van der Waals surface area contributed by atoms with E-state index in [1.54, 1.807) is 12.1 Å². The highest BCUT2D eigenvalue weighted by Crippen LogP contribution is 2.25. The van der Waals surface area contributed by atoms with Gasteiger partial charge in [-0.2, -0.15) is 8.78 Å². The Bertz CT molecular complexity index is 397. The molecule has 0 aliphatic carbocycles. The number of benzene rings is 1. The van der Waals surface area contributed by atoms with E-state index in [2.05, 4.69) is 17.3 Å². The normalized spacial score (nSPS) is 16.2. The summed E-state index contributed by atoms with van der Waals surface area (Å²) in [6.07, 6.45) is 2.49. The van der Waals surface area contributed by atoms with Crippen molar-refractivity contribution in [2.45, 2.75) is 30.0 Å². The Hall–Kier alpha value is -0.360. The van der Waals surface area contributed by atoms with Gasteiger partial charge in [-0.05, 0) is 56.6 Å². The van der Waals surface area contributed by atoms with Crippen molar-refractivity contribution < 1.29 is 8.78 Å². The molecule has 21 heavy (non-hydrogen) atoms. The molecule has 2 rings (SSSR count). The molecule has 0 bridgehead atoms. The Morgan fingerprint density at radius 3 is 2.43 bits per heavy atom. The minimum Gasteiger partial charge on any atom is -0.317 e. The van der Waals surface area contributed by atoms with Gasteiger partial charge >= 0.3 is 0 Å². The van der Waals surface area contributed by atoms with Gasteiger partial charge < -0.3 is 10.2 Å². The lowest BCUT2D eigenvalue weighted by Crippen LogP contribution is -2.34. The summed E-state index contributed by atoms with van der Waals surface area (Å²) in [4.78, 5) is 2.95. The van der Waals surface area contributed by atoms with E-state index in [4.69, 9.17) is 0 Å². The Balaban J connectivity index is 0.00000220. The average Bonchev–Trinajstić information content (AvgIpc) is 2.41. The molecule has 0 saturated carbocycles. The monoisotopic (exact) mass is 336 g/mol. The molecule has 0 spiro atoms. The first kappa shape index (κ1) is 18.7. The van der Waals surface area contributed by atoms with Crippen molar-refractivity contribution >= 4 is 24.2 Å². The molecule has 0 aromatic heterocycles. The second-order valence-corrected chi connectivity index (χ2v) is 6.48. The van der Waals surface area contributed by atoms with Crippen LogP contribution in [0.15, 0.2) is 29.2 Å². The van der Waals surface area contributed by atoms with Crippen molar-refractivity contribution in [2.75, 3.05) is 26.7 Å². The predicted molar refractivity (Wildman–Crippen MR) is 87.5 cm³/mol. The van der Waals surface area contributed by atoms with Gasteiger partial charge in [-0.15, -0.1) is 12.4 Å². The summed E-state index contributed by atoms with van der Waals surface area (Å²) in [7, 11) is 2.13. The van der Waals surface area contributed by atoms with Crippen LogP contribution in [0.25, 0.3) is 0 Å². The molecule has 120 valence electrons. The predicted octanol–water partition coefficient (Wildman–Crippen LogP) is 3.85. The van der Waals surface area contributed by atoms with Crippen molar-refractivity contribution in [3.8, 4) is 0 Å². The third-order valence-corrected chi connectivity index (χ3v) is 4.35. The van der Waals surface area contributed by atoms with Crippen molar-refractivity contribution in [1.29, 1.82) is 0 Å². The van der Waals surface area contributed by atoms with E-state index < -0.39 is 5.76 Å². The number of halogens is 3. The van der Waals surface area contributed by atoms with Gasteiger partial charge in [0.1, 0.15) is 0 Å². The van der Waals surface area contributed by atoms with Crippen LogP contribution in [0.3, 0.4) is 0 Å². The number of hydrogen-bond donors (Lipinski definition) is 1. The minimum atomic E-state index is -2.34.